The Morgan fingerprint density at radius 3 is 2.43 bits per heavy atom. The highest BCUT2D eigenvalue weighted by Gasteiger charge is 2.29. The zero-order valence-electron chi connectivity index (χ0n) is 8.62. The maximum absolute atomic E-state index is 10.4. The van der Waals surface area contributed by atoms with Crippen LogP contribution in [0.3, 0.4) is 0 Å². The lowest BCUT2D eigenvalue weighted by molar-refractivity contribution is -0.131. The van der Waals surface area contributed by atoms with Gasteiger partial charge in [0.2, 0.25) is 0 Å². The van der Waals surface area contributed by atoms with Gasteiger partial charge in [-0.15, -0.1) is 0 Å². The van der Waals surface area contributed by atoms with E-state index in [9.17, 15) is 9.90 Å². The van der Waals surface area contributed by atoms with Crippen molar-refractivity contribution in [1.29, 1.82) is 0 Å². The number of rotatable bonds is 3. The largest absolute Gasteiger partial charge is 0.478 e. The van der Waals surface area contributed by atoms with Crippen LogP contribution in [0.4, 0.5) is 0 Å². The Morgan fingerprint density at radius 2 is 1.93 bits per heavy atom. The van der Waals surface area contributed by atoms with Gasteiger partial charge in [0, 0.05) is 6.08 Å². The normalized spacial score (nSPS) is 22.0. The SMILES string of the molecule is C/C(=C\C(=O)O)CC1(O)CCCCC1. The molecule has 0 spiro atoms. The molecule has 1 saturated carbocycles. The van der Waals surface area contributed by atoms with Gasteiger partial charge in [0.15, 0.2) is 0 Å². The summed E-state index contributed by atoms with van der Waals surface area (Å²) in [5.74, 6) is -0.929. The van der Waals surface area contributed by atoms with Gasteiger partial charge in [0.1, 0.15) is 0 Å². The number of carboxylic acids is 1. The van der Waals surface area contributed by atoms with Crippen LogP contribution in [0.5, 0.6) is 0 Å². The Labute approximate surface area is 84.4 Å². The third-order valence-electron chi connectivity index (χ3n) is 2.76. The molecular weight excluding hydrogens is 180 g/mol. The van der Waals surface area contributed by atoms with Crippen molar-refractivity contribution in [3.8, 4) is 0 Å². The fraction of sp³-hybridized carbons (Fsp3) is 0.727. The monoisotopic (exact) mass is 198 g/mol. The molecule has 0 atom stereocenters. The molecule has 0 saturated heterocycles. The Hall–Kier alpha value is -0.830. The second-order valence-electron chi connectivity index (χ2n) is 4.29. The van der Waals surface area contributed by atoms with Gasteiger partial charge in [-0.1, -0.05) is 24.8 Å². The van der Waals surface area contributed by atoms with Gasteiger partial charge >= 0.3 is 5.97 Å². The van der Waals surface area contributed by atoms with E-state index in [1.54, 1.807) is 6.92 Å². The van der Waals surface area contributed by atoms with Crippen molar-refractivity contribution >= 4 is 5.97 Å². The molecule has 2 N–H and O–H groups in total. The summed E-state index contributed by atoms with van der Waals surface area (Å²) in [5, 5.41) is 18.7. The Kier molecular flexibility index (Phi) is 3.69. The van der Waals surface area contributed by atoms with Gasteiger partial charge in [-0.05, 0) is 26.2 Å². The van der Waals surface area contributed by atoms with Crippen molar-refractivity contribution in [2.45, 2.75) is 51.0 Å². The highest BCUT2D eigenvalue weighted by molar-refractivity contribution is 5.80. The molecule has 1 fully saturated rings. The Bertz CT molecular complexity index is 237. The molecule has 14 heavy (non-hydrogen) atoms. The number of carbonyl (C=O) groups is 1. The Morgan fingerprint density at radius 1 is 1.36 bits per heavy atom. The second-order valence-corrected chi connectivity index (χ2v) is 4.29. The van der Waals surface area contributed by atoms with Gasteiger partial charge in [-0.25, -0.2) is 4.79 Å². The number of aliphatic carboxylic acids is 1. The fourth-order valence-corrected chi connectivity index (χ4v) is 2.17. The first kappa shape index (κ1) is 11.2. The lowest BCUT2D eigenvalue weighted by Crippen LogP contribution is -2.31. The molecule has 0 amide bonds. The summed E-state index contributed by atoms with van der Waals surface area (Å²) in [6.45, 7) is 1.76. The molecule has 0 aromatic rings. The highest BCUT2D eigenvalue weighted by atomic mass is 16.4. The van der Waals surface area contributed by atoms with E-state index in [4.69, 9.17) is 5.11 Å². The third-order valence-corrected chi connectivity index (χ3v) is 2.76. The minimum Gasteiger partial charge on any atom is -0.478 e. The molecule has 1 aliphatic rings. The average molecular weight is 198 g/mol. The van der Waals surface area contributed by atoms with Crippen molar-refractivity contribution < 1.29 is 15.0 Å². The molecule has 0 heterocycles. The summed E-state index contributed by atoms with van der Waals surface area (Å²) >= 11 is 0. The van der Waals surface area contributed by atoms with E-state index in [-0.39, 0.29) is 0 Å². The van der Waals surface area contributed by atoms with Crippen LogP contribution in [0.15, 0.2) is 11.6 Å². The standard InChI is InChI=1S/C11H18O3/c1-9(7-10(12)13)8-11(14)5-3-2-4-6-11/h7,14H,2-6,8H2,1H3,(H,12,13)/b9-7+. The summed E-state index contributed by atoms with van der Waals surface area (Å²) in [7, 11) is 0. The van der Waals surface area contributed by atoms with Crippen molar-refractivity contribution in [3.63, 3.8) is 0 Å². The van der Waals surface area contributed by atoms with E-state index in [0.29, 0.717) is 6.42 Å². The highest BCUT2D eigenvalue weighted by Crippen LogP contribution is 2.32. The van der Waals surface area contributed by atoms with E-state index < -0.39 is 11.6 Å². The molecule has 80 valence electrons. The van der Waals surface area contributed by atoms with Gasteiger partial charge in [0.25, 0.3) is 0 Å². The van der Waals surface area contributed by atoms with Crippen LogP contribution in [-0.2, 0) is 4.79 Å². The summed E-state index contributed by atoms with van der Waals surface area (Å²) in [6, 6.07) is 0. The van der Waals surface area contributed by atoms with Crippen LogP contribution in [0, 0.1) is 0 Å². The first-order valence-corrected chi connectivity index (χ1v) is 5.14. The summed E-state index contributed by atoms with van der Waals surface area (Å²) in [6.07, 6.45) is 6.58. The number of carboxylic acid groups (broad SMARTS) is 1. The predicted molar refractivity (Wildman–Crippen MR) is 54.0 cm³/mol. The average Bonchev–Trinajstić information content (AvgIpc) is 2.02. The van der Waals surface area contributed by atoms with E-state index in [2.05, 4.69) is 0 Å². The summed E-state index contributed by atoms with van der Waals surface area (Å²) in [4.78, 5) is 10.4. The topological polar surface area (TPSA) is 57.5 Å². The van der Waals surface area contributed by atoms with Gasteiger partial charge in [-0.3, -0.25) is 0 Å². The number of hydrogen-bond acceptors (Lipinski definition) is 2. The number of aliphatic hydroxyl groups is 1. The smallest absolute Gasteiger partial charge is 0.328 e. The first-order chi connectivity index (χ1) is 6.52. The minimum absolute atomic E-state index is 0.499. The molecule has 3 heteroatoms. The van der Waals surface area contributed by atoms with Gasteiger partial charge in [0.05, 0.1) is 5.60 Å². The molecule has 0 unspecified atom stereocenters. The first-order valence-electron chi connectivity index (χ1n) is 5.14. The molecule has 0 radical (unpaired) electrons. The van der Waals surface area contributed by atoms with Crippen molar-refractivity contribution in [3.05, 3.63) is 11.6 Å². The van der Waals surface area contributed by atoms with E-state index in [1.165, 1.54) is 12.5 Å². The lowest BCUT2D eigenvalue weighted by Gasteiger charge is -2.32. The maximum atomic E-state index is 10.4. The molecule has 1 aliphatic carbocycles. The number of hydrogen-bond donors (Lipinski definition) is 2. The molecule has 0 aliphatic heterocycles. The van der Waals surface area contributed by atoms with Crippen LogP contribution >= 0.6 is 0 Å². The lowest BCUT2D eigenvalue weighted by atomic mass is 9.80. The minimum atomic E-state index is -0.929. The molecule has 1 rings (SSSR count). The second kappa shape index (κ2) is 4.60. The molecule has 3 nitrogen and oxygen atoms in total. The van der Waals surface area contributed by atoms with Crippen LogP contribution in [-0.4, -0.2) is 21.8 Å². The summed E-state index contributed by atoms with van der Waals surface area (Å²) < 4.78 is 0. The van der Waals surface area contributed by atoms with Crippen molar-refractivity contribution in [2.75, 3.05) is 0 Å². The van der Waals surface area contributed by atoms with E-state index in [1.807, 2.05) is 0 Å². The summed E-state index contributed by atoms with van der Waals surface area (Å²) in [5.41, 5.74) is 0.107. The quantitative estimate of drug-likeness (QED) is 0.683. The van der Waals surface area contributed by atoms with Gasteiger partial charge < -0.3 is 10.2 Å². The van der Waals surface area contributed by atoms with Crippen molar-refractivity contribution in [2.24, 2.45) is 0 Å². The molecular formula is C11H18O3. The molecule has 0 aromatic carbocycles. The van der Waals surface area contributed by atoms with Gasteiger partial charge in [-0.2, -0.15) is 0 Å². The zero-order chi connectivity index (χ0) is 10.6. The van der Waals surface area contributed by atoms with Crippen LogP contribution in [0.1, 0.15) is 45.4 Å². The zero-order valence-corrected chi connectivity index (χ0v) is 8.62. The van der Waals surface area contributed by atoms with E-state index >= 15 is 0 Å². The van der Waals surface area contributed by atoms with Crippen molar-refractivity contribution in [1.82, 2.24) is 0 Å². The van der Waals surface area contributed by atoms with Crippen LogP contribution in [0.2, 0.25) is 0 Å². The van der Waals surface area contributed by atoms with Crippen LogP contribution < -0.4 is 0 Å². The maximum Gasteiger partial charge on any atom is 0.328 e. The Balaban J connectivity index is 2.53. The molecule has 0 aromatic heterocycles. The van der Waals surface area contributed by atoms with Crippen LogP contribution in [0.25, 0.3) is 0 Å². The predicted octanol–water partition coefficient (Wildman–Crippen LogP) is 2.10. The fourth-order valence-electron chi connectivity index (χ4n) is 2.17. The molecule has 0 bridgehead atoms. The van der Waals surface area contributed by atoms with E-state index in [0.717, 1.165) is 31.3 Å². The third kappa shape index (κ3) is 3.50.